The van der Waals surface area contributed by atoms with Crippen molar-refractivity contribution in [1.29, 1.82) is 0 Å². The maximum absolute atomic E-state index is 13.5. The summed E-state index contributed by atoms with van der Waals surface area (Å²) in [6.07, 6.45) is 3.82. The van der Waals surface area contributed by atoms with Crippen molar-refractivity contribution in [3.05, 3.63) is 126 Å². The van der Waals surface area contributed by atoms with Gasteiger partial charge in [0.25, 0.3) is 0 Å². The van der Waals surface area contributed by atoms with Crippen LogP contribution < -0.4 is 15.5 Å². The largest absolute Gasteiger partial charge is 0.457 e. The second-order valence-electron chi connectivity index (χ2n) is 9.20. The van der Waals surface area contributed by atoms with Crippen LogP contribution in [0.4, 0.5) is 8.78 Å². The Morgan fingerprint density at radius 1 is 1.03 bits per heavy atom. The van der Waals surface area contributed by atoms with E-state index in [1.807, 2.05) is 61.4 Å². The Hall–Kier alpha value is -4.49. The number of rotatable bonds is 8. The smallest absolute Gasteiger partial charge is 0.131 e. The van der Waals surface area contributed by atoms with Crippen LogP contribution in [0, 0.1) is 18.6 Å². The van der Waals surface area contributed by atoms with E-state index in [2.05, 4.69) is 40.6 Å². The standard InChI is InChI=1S/C31H28F2N4O/c1-20-29(21(2)35-17-22-12-26(32)15-27(33)13-22)8-5-9-31(20)38-28-10-11-34-30(16-28)24-7-4-6-23(14-24)25-18-36-37(3)19-25/h4-16,19,35-36H,2,17-18H2,1,3H3. The quantitative estimate of drug-likeness (QED) is 0.277. The van der Waals surface area contributed by atoms with Gasteiger partial charge in [-0.25, -0.2) is 14.2 Å². The summed E-state index contributed by atoms with van der Waals surface area (Å²) in [6.45, 7) is 7.09. The van der Waals surface area contributed by atoms with Crippen LogP contribution in [-0.2, 0) is 6.54 Å². The second-order valence-corrected chi connectivity index (χ2v) is 9.20. The summed E-state index contributed by atoms with van der Waals surface area (Å²) >= 11 is 0. The zero-order valence-corrected chi connectivity index (χ0v) is 21.3. The molecule has 0 atom stereocenters. The van der Waals surface area contributed by atoms with Gasteiger partial charge in [-0.2, -0.15) is 0 Å². The van der Waals surface area contributed by atoms with Gasteiger partial charge in [0.05, 0.1) is 5.69 Å². The minimum absolute atomic E-state index is 0.244. The Bertz CT molecular complexity index is 1510. The van der Waals surface area contributed by atoms with Gasteiger partial charge in [-0.05, 0) is 54.0 Å². The van der Waals surface area contributed by atoms with Gasteiger partial charge in [-0.1, -0.05) is 36.9 Å². The van der Waals surface area contributed by atoms with Gasteiger partial charge in [0, 0.05) is 67.1 Å². The summed E-state index contributed by atoms with van der Waals surface area (Å²) < 4.78 is 33.3. The molecule has 1 aliphatic rings. The molecule has 2 heterocycles. The molecule has 0 spiro atoms. The number of halogens is 2. The van der Waals surface area contributed by atoms with E-state index in [0.29, 0.717) is 22.8 Å². The van der Waals surface area contributed by atoms with Gasteiger partial charge in [-0.3, -0.25) is 4.98 Å². The van der Waals surface area contributed by atoms with Crippen LogP contribution in [0.15, 0.2) is 91.8 Å². The molecule has 0 amide bonds. The predicted molar refractivity (Wildman–Crippen MR) is 147 cm³/mol. The summed E-state index contributed by atoms with van der Waals surface area (Å²) in [5.74, 6) is 0.125. The molecule has 0 radical (unpaired) electrons. The molecule has 1 aliphatic heterocycles. The first-order valence-electron chi connectivity index (χ1n) is 12.3. The first kappa shape index (κ1) is 25.2. The maximum Gasteiger partial charge on any atom is 0.131 e. The van der Waals surface area contributed by atoms with Crippen molar-refractivity contribution in [2.24, 2.45) is 0 Å². The first-order valence-corrected chi connectivity index (χ1v) is 12.3. The molecule has 0 saturated heterocycles. The number of pyridine rings is 1. The third-order valence-electron chi connectivity index (χ3n) is 6.39. The van der Waals surface area contributed by atoms with Crippen molar-refractivity contribution in [3.63, 3.8) is 0 Å². The molecule has 0 fully saturated rings. The van der Waals surface area contributed by atoms with Crippen LogP contribution in [0.2, 0.25) is 0 Å². The molecule has 2 N–H and O–H groups in total. The van der Waals surface area contributed by atoms with Crippen molar-refractivity contribution in [2.45, 2.75) is 13.5 Å². The summed E-state index contributed by atoms with van der Waals surface area (Å²) in [6, 6.07) is 21.2. The molecule has 4 aromatic rings. The van der Waals surface area contributed by atoms with Crippen LogP contribution in [0.25, 0.3) is 22.5 Å². The lowest BCUT2D eigenvalue weighted by atomic mass is 10.0. The summed E-state index contributed by atoms with van der Waals surface area (Å²) in [5.41, 5.74) is 10.3. The van der Waals surface area contributed by atoms with E-state index in [1.54, 1.807) is 6.20 Å². The molecular weight excluding hydrogens is 482 g/mol. The number of benzene rings is 3. The van der Waals surface area contributed by atoms with E-state index in [9.17, 15) is 8.78 Å². The molecule has 3 aromatic carbocycles. The average Bonchev–Trinajstić information content (AvgIpc) is 3.34. The van der Waals surface area contributed by atoms with Gasteiger partial charge in [0.15, 0.2) is 0 Å². The number of nitrogens with one attached hydrogen (secondary N) is 2. The zero-order chi connectivity index (χ0) is 26.6. The lowest BCUT2D eigenvalue weighted by Crippen LogP contribution is -2.23. The van der Waals surface area contributed by atoms with Crippen LogP contribution in [0.3, 0.4) is 0 Å². The SMILES string of the molecule is C=C(NCc1cc(F)cc(F)c1)c1cccc(Oc2ccnc(-c3cccc(C4=CN(C)NC4)c3)c2)c1C. The molecule has 0 bridgehead atoms. The zero-order valence-electron chi connectivity index (χ0n) is 21.3. The molecule has 0 unspecified atom stereocenters. The van der Waals surface area contributed by atoms with Crippen LogP contribution in [0.1, 0.15) is 22.3 Å². The molecule has 5 rings (SSSR count). The van der Waals surface area contributed by atoms with Gasteiger partial charge in [0.2, 0.25) is 0 Å². The van der Waals surface area contributed by atoms with Crippen LogP contribution in [0.5, 0.6) is 11.5 Å². The first-order chi connectivity index (χ1) is 18.4. The highest BCUT2D eigenvalue weighted by molar-refractivity contribution is 5.73. The van der Waals surface area contributed by atoms with Gasteiger partial charge < -0.3 is 15.1 Å². The van der Waals surface area contributed by atoms with Gasteiger partial charge in [0.1, 0.15) is 23.1 Å². The van der Waals surface area contributed by atoms with Crippen molar-refractivity contribution in [1.82, 2.24) is 20.7 Å². The fourth-order valence-corrected chi connectivity index (χ4v) is 4.42. The number of hydrogen-bond donors (Lipinski definition) is 2. The highest BCUT2D eigenvalue weighted by atomic mass is 19.1. The van der Waals surface area contributed by atoms with E-state index in [0.717, 1.165) is 40.6 Å². The Morgan fingerprint density at radius 3 is 2.55 bits per heavy atom. The van der Waals surface area contributed by atoms with Crippen molar-refractivity contribution < 1.29 is 13.5 Å². The highest BCUT2D eigenvalue weighted by Gasteiger charge is 2.13. The number of nitrogens with zero attached hydrogens (tertiary/aromatic N) is 2. The van der Waals surface area contributed by atoms with Crippen LogP contribution >= 0.6 is 0 Å². The van der Waals surface area contributed by atoms with Crippen molar-refractivity contribution in [2.75, 3.05) is 13.6 Å². The Kier molecular flexibility index (Phi) is 7.20. The Morgan fingerprint density at radius 2 is 1.79 bits per heavy atom. The summed E-state index contributed by atoms with van der Waals surface area (Å²) in [5, 5.41) is 5.11. The normalized spacial score (nSPS) is 12.8. The fourth-order valence-electron chi connectivity index (χ4n) is 4.42. The topological polar surface area (TPSA) is 49.4 Å². The van der Waals surface area contributed by atoms with Crippen molar-refractivity contribution in [3.8, 4) is 22.8 Å². The summed E-state index contributed by atoms with van der Waals surface area (Å²) in [4.78, 5) is 4.56. The highest BCUT2D eigenvalue weighted by Crippen LogP contribution is 2.32. The third kappa shape index (κ3) is 5.74. The van der Waals surface area contributed by atoms with Gasteiger partial charge >= 0.3 is 0 Å². The maximum atomic E-state index is 13.5. The van der Waals surface area contributed by atoms with E-state index in [-0.39, 0.29) is 6.54 Å². The number of hydrogen-bond acceptors (Lipinski definition) is 5. The van der Waals surface area contributed by atoms with Crippen LogP contribution in [-0.4, -0.2) is 23.6 Å². The minimum atomic E-state index is -0.609. The van der Waals surface area contributed by atoms with Crippen molar-refractivity contribution >= 4 is 11.3 Å². The van der Waals surface area contributed by atoms with E-state index in [1.165, 1.54) is 17.7 Å². The number of hydrazine groups is 1. The molecule has 1 aromatic heterocycles. The molecule has 0 saturated carbocycles. The molecule has 192 valence electrons. The van der Waals surface area contributed by atoms with E-state index >= 15 is 0 Å². The fraction of sp³-hybridized carbons (Fsp3) is 0.129. The van der Waals surface area contributed by atoms with E-state index in [4.69, 9.17) is 4.74 Å². The van der Waals surface area contributed by atoms with Gasteiger partial charge in [-0.15, -0.1) is 0 Å². The number of aromatic nitrogens is 1. The lowest BCUT2D eigenvalue weighted by Gasteiger charge is -2.16. The molecule has 5 nitrogen and oxygen atoms in total. The summed E-state index contributed by atoms with van der Waals surface area (Å²) in [7, 11) is 1.98. The number of ether oxygens (including phenoxy) is 1. The Balaban J connectivity index is 1.32. The lowest BCUT2D eigenvalue weighted by molar-refractivity contribution is 0.374. The molecule has 7 heteroatoms. The second kappa shape index (κ2) is 10.9. The molecule has 38 heavy (non-hydrogen) atoms. The minimum Gasteiger partial charge on any atom is -0.457 e. The molecular formula is C31H28F2N4O. The molecule has 0 aliphatic carbocycles. The predicted octanol–water partition coefficient (Wildman–Crippen LogP) is 6.68. The Labute approximate surface area is 221 Å². The average molecular weight is 511 g/mol. The monoisotopic (exact) mass is 510 g/mol. The van der Waals surface area contributed by atoms with E-state index < -0.39 is 11.6 Å². The third-order valence-corrected chi connectivity index (χ3v) is 6.39.